The van der Waals surface area contributed by atoms with Crippen LogP contribution < -0.4 is 10.1 Å². The molecule has 0 radical (unpaired) electrons. The number of carbonyl (C=O) groups excluding carboxylic acids is 2. The molecule has 1 heterocycles. The predicted octanol–water partition coefficient (Wildman–Crippen LogP) is 3.46. The number of benzene rings is 2. The average Bonchev–Trinajstić information content (AvgIpc) is 2.83. The number of nitrogens with zero attached hydrogens (tertiary/aromatic N) is 1. The first-order chi connectivity index (χ1) is 15.4. The summed E-state index contributed by atoms with van der Waals surface area (Å²) in [6, 6.07) is 21.1. The van der Waals surface area contributed by atoms with E-state index in [4.69, 9.17) is 9.47 Å². The highest BCUT2D eigenvalue weighted by Gasteiger charge is 2.37. The minimum absolute atomic E-state index is 0.114. The number of amides is 1. The summed E-state index contributed by atoms with van der Waals surface area (Å²) in [5.41, 5.74) is 1.17. The van der Waals surface area contributed by atoms with Gasteiger partial charge in [-0.05, 0) is 25.0 Å². The summed E-state index contributed by atoms with van der Waals surface area (Å²) in [6.07, 6.45) is 0.805. The SMILES string of the molecule is COc1ccnc(C(=O)NCC(=O)OC(C)C(C)(c2ccccc2)c2ccccc2)c1O. The summed E-state index contributed by atoms with van der Waals surface area (Å²) in [7, 11) is 1.37. The zero-order valence-corrected chi connectivity index (χ0v) is 18.2. The van der Waals surface area contributed by atoms with Gasteiger partial charge in [0.25, 0.3) is 5.91 Å². The van der Waals surface area contributed by atoms with Gasteiger partial charge in [-0.2, -0.15) is 0 Å². The topological polar surface area (TPSA) is 97.8 Å². The summed E-state index contributed by atoms with van der Waals surface area (Å²) < 4.78 is 10.7. The van der Waals surface area contributed by atoms with Crippen molar-refractivity contribution in [1.82, 2.24) is 10.3 Å². The van der Waals surface area contributed by atoms with Crippen molar-refractivity contribution in [3.05, 3.63) is 89.7 Å². The van der Waals surface area contributed by atoms with E-state index in [2.05, 4.69) is 10.3 Å². The third-order valence-electron chi connectivity index (χ3n) is 5.58. The van der Waals surface area contributed by atoms with Gasteiger partial charge in [-0.1, -0.05) is 60.7 Å². The van der Waals surface area contributed by atoms with E-state index in [1.807, 2.05) is 74.5 Å². The Bertz CT molecular complexity index is 1030. The second-order valence-electron chi connectivity index (χ2n) is 7.46. The van der Waals surface area contributed by atoms with Crippen LogP contribution in [-0.2, 0) is 14.9 Å². The largest absolute Gasteiger partial charge is 0.503 e. The minimum Gasteiger partial charge on any atom is -0.503 e. The van der Waals surface area contributed by atoms with Crippen LogP contribution >= 0.6 is 0 Å². The molecule has 1 aromatic heterocycles. The zero-order valence-electron chi connectivity index (χ0n) is 18.2. The summed E-state index contributed by atoms with van der Waals surface area (Å²) in [5.74, 6) is -1.59. The number of pyridine rings is 1. The molecule has 0 saturated carbocycles. The number of nitrogens with one attached hydrogen (secondary N) is 1. The first-order valence-electron chi connectivity index (χ1n) is 10.2. The number of hydrogen-bond acceptors (Lipinski definition) is 6. The highest BCUT2D eigenvalue weighted by atomic mass is 16.5. The van der Waals surface area contributed by atoms with Crippen LogP contribution in [0.1, 0.15) is 35.5 Å². The summed E-state index contributed by atoms with van der Waals surface area (Å²) in [4.78, 5) is 28.8. The maximum atomic E-state index is 12.6. The number of aromatic nitrogens is 1. The van der Waals surface area contributed by atoms with Crippen LogP contribution in [0.25, 0.3) is 0 Å². The van der Waals surface area contributed by atoms with Crippen molar-refractivity contribution in [2.24, 2.45) is 0 Å². The first kappa shape index (κ1) is 22.8. The van der Waals surface area contributed by atoms with Gasteiger partial charge in [-0.15, -0.1) is 0 Å². The zero-order chi connectivity index (χ0) is 23.1. The van der Waals surface area contributed by atoms with Gasteiger partial charge in [0.1, 0.15) is 12.6 Å². The lowest BCUT2D eigenvalue weighted by atomic mass is 9.72. The van der Waals surface area contributed by atoms with Crippen LogP contribution in [0.15, 0.2) is 72.9 Å². The van der Waals surface area contributed by atoms with E-state index in [9.17, 15) is 14.7 Å². The van der Waals surface area contributed by atoms with Crippen LogP contribution in [0, 0.1) is 0 Å². The number of ether oxygens (including phenoxy) is 2. The molecule has 0 saturated heterocycles. The van der Waals surface area contributed by atoms with Crippen molar-refractivity contribution < 1.29 is 24.2 Å². The highest BCUT2D eigenvalue weighted by Crippen LogP contribution is 2.36. The van der Waals surface area contributed by atoms with Gasteiger partial charge in [-0.3, -0.25) is 9.59 Å². The highest BCUT2D eigenvalue weighted by molar-refractivity contribution is 5.97. The smallest absolute Gasteiger partial charge is 0.325 e. The average molecular weight is 434 g/mol. The summed E-state index contributed by atoms with van der Waals surface area (Å²) in [6.45, 7) is 3.47. The van der Waals surface area contributed by atoms with Gasteiger partial charge >= 0.3 is 5.97 Å². The predicted molar refractivity (Wildman–Crippen MR) is 120 cm³/mol. The van der Waals surface area contributed by atoms with Crippen LogP contribution in [0.5, 0.6) is 11.5 Å². The molecule has 1 amide bonds. The lowest BCUT2D eigenvalue weighted by Crippen LogP contribution is -2.41. The Morgan fingerprint density at radius 1 is 1.03 bits per heavy atom. The van der Waals surface area contributed by atoms with Crippen LogP contribution in [-0.4, -0.2) is 41.7 Å². The maximum absolute atomic E-state index is 12.6. The monoisotopic (exact) mass is 434 g/mol. The quantitative estimate of drug-likeness (QED) is 0.527. The fourth-order valence-electron chi connectivity index (χ4n) is 3.56. The molecule has 0 spiro atoms. The molecule has 2 N–H and O–H groups in total. The molecule has 0 bridgehead atoms. The number of rotatable bonds is 8. The number of esters is 1. The lowest BCUT2D eigenvalue weighted by Gasteiger charge is -2.36. The molecule has 0 fully saturated rings. The Hall–Kier alpha value is -3.87. The van der Waals surface area contributed by atoms with Crippen LogP contribution in [0.2, 0.25) is 0 Å². The van der Waals surface area contributed by atoms with E-state index in [0.29, 0.717) is 0 Å². The molecule has 7 nitrogen and oxygen atoms in total. The molecule has 1 atom stereocenters. The van der Waals surface area contributed by atoms with E-state index in [1.54, 1.807) is 0 Å². The van der Waals surface area contributed by atoms with E-state index in [0.717, 1.165) is 11.1 Å². The second kappa shape index (κ2) is 9.96. The third-order valence-corrected chi connectivity index (χ3v) is 5.58. The Kier molecular flexibility index (Phi) is 7.10. The van der Waals surface area contributed by atoms with Crippen molar-refractivity contribution in [1.29, 1.82) is 0 Å². The number of methoxy groups -OCH3 is 1. The fourth-order valence-corrected chi connectivity index (χ4v) is 3.56. The number of aromatic hydroxyl groups is 1. The van der Waals surface area contributed by atoms with Crippen molar-refractivity contribution in [3.8, 4) is 11.5 Å². The molecule has 3 aromatic rings. The lowest BCUT2D eigenvalue weighted by molar-refractivity contribution is -0.149. The Labute approximate surface area is 187 Å². The molecule has 166 valence electrons. The Balaban J connectivity index is 1.73. The third kappa shape index (κ3) is 4.72. The molecular formula is C25H26N2O5. The van der Waals surface area contributed by atoms with E-state index in [1.165, 1.54) is 19.4 Å². The molecule has 3 rings (SSSR count). The Morgan fingerprint density at radius 2 is 1.59 bits per heavy atom. The molecule has 7 heteroatoms. The molecule has 0 aliphatic rings. The molecule has 2 aromatic carbocycles. The van der Waals surface area contributed by atoms with Crippen molar-refractivity contribution in [2.75, 3.05) is 13.7 Å². The fraction of sp³-hybridized carbons (Fsp3) is 0.240. The summed E-state index contributed by atoms with van der Waals surface area (Å²) in [5, 5.41) is 12.5. The van der Waals surface area contributed by atoms with E-state index >= 15 is 0 Å². The van der Waals surface area contributed by atoms with Crippen molar-refractivity contribution in [3.63, 3.8) is 0 Å². The first-order valence-corrected chi connectivity index (χ1v) is 10.2. The molecule has 32 heavy (non-hydrogen) atoms. The number of carbonyl (C=O) groups is 2. The van der Waals surface area contributed by atoms with Gasteiger partial charge in [0.2, 0.25) is 0 Å². The normalized spacial score (nSPS) is 12.0. The van der Waals surface area contributed by atoms with E-state index < -0.39 is 29.1 Å². The molecule has 0 aliphatic heterocycles. The summed E-state index contributed by atoms with van der Waals surface area (Å²) >= 11 is 0. The van der Waals surface area contributed by atoms with E-state index in [-0.39, 0.29) is 18.0 Å². The van der Waals surface area contributed by atoms with Crippen LogP contribution in [0.4, 0.5) is 0 Å². The van der Waals surface area contributed by atoms with Gasteiger partial charge in [0.05, 0.1) is 12.5 Å². The van der Waals surface area contributed by atoms with Gasteiger partial charge < -0.3 is 19.9 Å². The van der Waals surface area contributed by atoms with Gasteiger partial charge in [0.15, 0.2) is 17.2 Å². The van der Waals surface area contributed by atoms with Crippen LogP contribution in [0.3, 0.4) is 0 Å². The molecule has 0 aliphatic carbocycles. The van der Waals surface area contributed by atoms with Crippen molar-refractivity contribution in [2.45, 2.75) is 25.4 Å². The number of hydrogen-bond donors (Lipinski definition) is 2. The standard InChI is InChI=1S/C25H26N2O5/c1-17(25(2,18-10-6-4-7-11-18)19-12-8-5-9-13-19)32-21(28)16-27-24(30)22-23(29)20(31-3)14-15-26-22/h4-15,17,29H,16H2,1-3H3,(H,27,30). The Morgan fingerprint density at radius 3 is 2.12 bits per heavy atom. The molecule has 1 unspecified atom stereocenters. The minimum atomic E-state index is -0.708. The molecular weight excluding hydrogens is 408 g/mol. The maximum Gasteiger partial charge on any atom is 0.325 e. The second-order valence-corrected chi connectivity index (χ2v) is 7.46. The van der Waals surface area contributed by atoms with Gasteiger partial charge in [-0.25, -0.2) is 4.98 Å². The van der Waals surface area contributed by atoms with Gasteiger partial charge in [0, 0.05) is 12.3 Å². The van der Waals surface area contributed by atoms with Crippen molar-refractivity contribution >= 4 is 11.9 Å².